The summed E-state index contributed by atoms with van der Waals surface area (Å²) in [7, 11) is 0. The molecule has 1 aliphatic heterocycles. The Hall–Kier alpha value is -1.81. The fourth-order valence-corrected chi connectivity index (χ4v) is 2.52. The molecule has 0 spiro atoms. The number of fused-ring (bicyclic) bond motifs is 1. The summed E-state index contributed by atoms with van der Waals surface area (Å²) in [5, 5.41) is 0.425. The molecule has 2 aromatic rings. The van der Waals surface area contributed by atoms with Gasteiger partial charge in [0.05, 0.1) is 0 Å². The molecule has 0 amide bonds. The fraction of sp³-hybridized carbons (Fsp3) is 0.231. The maximum absolute atomic E-state index is 6.20. The van der Waals surface area contributed by atoms with Crippen LogP contribution >= 0.6 is 11.6 Å². The van der Waals surface area contributed by atoms with Crippen LogP contribution in [0.4, 0.5) is 17.3 Å². The van der Waals surface area contributed by atoms with E-state index in [0.29, 0.717) is 16.7 Å². The molecular formula is C13H13ClN4. The van der Waals surface area contributed by atoms with Crippen molar-refractivity contribution >= 4 is 28.9 Å². The Labute approximate surface area is 110 Å². The van der Waals surface area contributed by atoms with E-state index >= 15 is 0 Å². The summed E-state index contributed by atoms with van der Waals surface area (Å²) >= 11 is 6.20. The third kappa shape index (κ3) is 1.78. The second kappa shape index (κ2) is 4.46. The lowest BCUT2D eigenvalue weighted by atomic mass is 10.0. The number of benzene rings is 1. The van der Waals surface area contributed by atoms with E-state index < -0.39 is 0 Å². The van der Waals surface area contributed by atoms with Crippen LogP contribution in [0.25, 0.3) is 0 Å². The summed E-state index contributed by atoms with van der Waals surface area (Å²) in [6.07, 6.45) is 3.62. The Morgan fingerprint density at radius 3 is 2.94 bits per heavy atom. The number of rotatable bonds is 1. The molecule has 0 atom stereocenters. The summed E-state index contributed by atoms with van der Waals surface area (Å²) in [6, 6.07) is 8.30. The van der Waals surface area contributed by atoms with E-state index in [2.05, 4.69) is 33.1 Å². The molecule has 1 aromatic heterocycles. The number of para-hydroxylation sites is 1. The van der Waals surface area contributed by atoms with Crippen LogP contribution in [0.15, 0.2) is 30.6 Å². The first kappa shape index (κ1) is 11.3. The van der Waals surface area contributed by atoms with Crippen LogP contribution in [0.1, 0.15) is 12.0 Å². The van der Waals surface area contributed by atoms with Gasteiger partial charge in [-0.25, -0.2) is 9.97 Å². The second-order valence-electron chi connectivity index (χ2n) is 4.28. The minimum Gasteiger partial charge on any atom is -0.382 e. The van der Waals surface area contributed by atoms with Crippen molar-refractivity contribution < 1.29 is 0 Å². The highest BCUT2D eigenvalue weighted by Gasteiger charge is 2.21. The van der Waals surface area contributed by atoms with Gasteiger partial charge in [-0.05, 0) is 24.5 Å². The van der Waals surface area contributed by atoms with Gasteiger partial charge >= 0.3 is 0 Å². The lowest BCUT2D eigenvalue weighted by Crippen LogP contribution is -2.25. The first-order valence-corrected chi connectivity index (χ1v) is 6.26. The van der Waals surface area contributed by atoms with E-state index in [4.69, 9.17) is 17.3 Å². The molecular weight excluding hydrogens is 248 g/mol. The molecule has 4 nitrogen and oxygen atoms in total. The topological polar surface area (TPSA) is 55.0 Å². The van der Waals surface area contributed by atoms with Crippen LogP contribution in [0.2, 0.25) is 5.02 Å². The van der Waals surface area contributed by atoms with E-state index in [1.807, 2.05) is 6.07 Å². The highest BCUT2D eigenvalue weighted by Crippen LogP contribution is 2.36. The number of aryl methyl sites for hydroxylation is 1. The molecule has 0 saturated heterocycles. The average Bonchev–Trinajstić information content (AvgIpc) is 2.41. The number of anilines is 3. The van der Waals surface area contributed by atoms with Crippen molar-refractivity contribution in [3.63, 3.8) is 0 Å². The molecule has 1 aromatic carbocycles. The normalized spacial score (nSPS) is 14.4. The third-order valence-electron chi connectivity index (χ3n) is 3.16. The van der Waals surface area contributed by atoms with Crippen molar-refractivity contribution in [2.24, 2.45) is 0 Å². The van der Waals surface area contributed by atoms with Crippen LogP contribution in [0, 0.1) is 0 Å². The number of hydrogen-bond donors (Lipinski definition) is 1. The molecule has 5 heteroatoms. The van der Waals surface area contributed by atoms with Crippen LogP contribution in [-0.4, -0.2) is 16.5 Å². The molecule has 0 aliphatic carbocycles. The Kier molecular flexibility index (Phi) is 2.80. The predicted octanol–water partition coefficient (Wildman–Crippen LogP) is 2.80. The van der Waals surface area contributed by atoms with E-state index in [-0.39, 0.29) is 0 Å². The number of nitrogens with two attached hydrogens (primary N) is 1. The largest absolute Gasteiger partial charge is 0.382 e. The zero-order valence-electron chi connectivity index (χ0n) is 9.81. The first-order valence-electron chi connectivity index (χ1n) is 5.89. The number of aromatic nitrogens is 2. The van der Waals surface area contributed by atoms with Gasteiger partial charge in [0.25, 0.3) is 0 Å². The number of hydrogen-bond acceptors (Lipinski definition) is 4. The van der Waals surface area contributed by atoms with Crippen LogP contribution in [0.5, 0.6) is 0 Å². The lowest BCUT2D eigenvalue weighted by Gasteiger charge is -2.30. The maximum atomic E-state index is 6.20. The summed E-state index contributed by atoms with van der Waals surface area (Å²) in [6.45, 7) is 0.896. The van der Waals surface area contributed by atoms with Gasteiger partial charge in [-0.2, -0.15) is 0 Å². The van der Waals surface area contributed by atoms with Crippen LogP contribution in [0.3, 0.4) is 0 Å². The molecule has 0 radical (unpaired) electrons. The quantitative estimate of drug-likeness (QED) is 0.857. The van der Waals surface area contributed by atoms with E-state index in [0.717, 1.165) is 25.1 Å². The van der Waals surface area contributed by atoms with Gasteiger partial charge in [0, 0.05) is 12.2 Å². The van der Waals surface area contributed by atoms with E-state index in [1.54, 1.807) is 0 Å². The molecule has 0 unspecified atom stereocenters. The molecule has 2 heterocycles. The third-order valence-corrected chi connectivity index (χ3v) is 3.53. The number of nitrogens with zero attached hydrogens (tertiary/aromatic N) is 3. The molecule has 1 aliphatic rings. The van der Waals surface area contributed by atoms with Crippen LogP contribution < -0.4 is 10.6 Å². The highest BCUT2D eigenvalue weighted by molar-refractivity contribution is 6.35. The SMILES string of the molecule is Nc1ncnc(N2CCCc3ccccc32)c1Cl. The first-order chi connectivity index (χ1) is 8.77. The van der Waals surface area contributed by atoms with Crippen molar-refractivity contribution in [3.05, 3.63) is 41.2 Å². The van der Waals surface area contributed by atoms with E-state index in [9.17, 15) is 0 Å². The summed E-state index contributed by atoms with van der Waals surface area (Å²) < 4.78 is 0. The Morgan fingerprint density at radius 1 is 1.22 bits per heavy atom. The minimum atomic E-state index is 0.324. The molecule has 2 N–H and O–H groups in total. The van der Waals surface area contributed by atoms with Gasteiger partial charge in [-0.15, -0.1) is 0 Å². The minimum absolute atomic E-state index is 0.324. The number of nitrogen functional groups attached to an aromatic ring is 1. The van der Waals surface area contributed by atoms with Gasteiger partial charge in [0.15, 0.2) is 5.82 Å². The molecule has 0 saturated carbocycles. The molecule has 0 bridgehead atoms. The van der Waals surface area contributed by atoms with Gasteiger partial charge in [0.2, 0.25) is 0 Å². The fourth-order valence-electron chi connectivity index (χ4n) is 2.32. The highest BCUT2D eigenvalue weighted by atomic mass is 35.5. The van der Waals surface area contributed by atoms with Gasteiger partial charge < -0.3 is 10.6 Å². The zero-order chi connectivity index (χ0) is 12.5. The van der Waals surface area contributed by atoms with Crippen molar-refractivity contribution in [2.45, 2.75) is 12.8 Å². The van der Waals surface area contributed by atoms with E-state index in [1.165, 1.54) is 11.9 Å². The monoisotopic (exact) mass is 260 g/mol. The average molecular weight is 261 g/mol. The standard InChI is InChI=1S/C13H13ClN4/c14-11-12(15)16-8-17-13(11)18-7-3-5-9-4-1-2-6-10(9)18/h1-2,4,6,8H,3,5,7H2,(H2,15,16,17). The predicted molar refractivity (Wildman–Crippen MR) is 73.2 cm³/mol. The van der Waals surface area contributed by atoms with Gasteiger partial charge in [-0.3, -0.25) is 0 Å². The molecule has 3 rings (SSSR count). The van der Waals surface area contributed by atoms with Gasteiger partial charge in [0.1, 0.15) is 17.2 Å². The summed E-state index contributed by atoms with van der Waals surface area (Å²) in [4.78, 5) is 10.3. The zero-order valence-corrected chi connectivity index (χ0v) is 10.6. The smallest absolute Gasteiger partial charge is 0.157 e. The van der Waals surface area contributed by atoms with Crippen molar-refractivity contribution in [1.29, 1.82) is 0 Å². The molecule has 18 heavy (non-hydrogen) atoms. The van der Waals surface area contributed by atoms with Crippen molar-refractivity contribution in [2.75, 3.05) is 17.2 Å². The van der Waals surface area contributed by atoms with Crippen LogP contribution in [-0.2, 0) is 6.42 Å². The number of halogens is 1. The second-order valence-corrected chi connectivity index (χ2v) is 4.66. The summed E-state index contributed by atoms with van der Waals surface area (Å²) in [5.74, 6) is 1.01. The lowest BCUT2D eigenvalue weighted by molar-refractivity contribution is 0.759. The Balaban J connectivity index is 2.11. The summed E-state index contributed by atoms with van der Waals surface area (Å²) in [5.41, 5.74) is 8.21. The van der Waals surface area contributed by atoms with Crippen molar-refractivity contribution in [1.82, 2.24) is 9.97 Å². The molecule has 0 fully saturated rings. The molecule has 92 valence electrons. The maximum Gasteiger partial charge on any atom is 0.157 e. The van der Waals surface area contributed by atoms with Gasteiger partial charge in [-0.1, -0.05) is 29.8 Å². The Bertz CT molecular complexity index is 585. The Morgan fingerprint density at radius 2 is 2.06 bits per heavy atom. The van der Waals surface area contributed by atoms with Crippen molar-refractivity contribution in [3.8, 4) is 0 Å².